The lowest BCUT2D eigenvalue weighted by molar-refractivity contribution is 0.153. The van der Waals surface area contributed by atoms with Gasteiger partial charge in [-0.3, -0.25) is 0 Å². The quantitative estimate of drug-likeness (QED) is 0.915. The highest BCUT2D eigenvalue weighted by molar-refractivity contribution is 9.10. The molecule has 2 atom stereocenters. The summed E-state index contributed by atoms with van der Waals surface area (Å²) >= 11 is 9.46. The molecule has 0 fully saturated rings. The molecule has 0 bridgehead atoms. The summed E-state index contributed by atoms with van der Waals surface area (Å²) in [5.74, 6) is 1.27. The summed E-state index contributed by atoms with van der Waals surface area (Å²) in [7, 11) is 0. The van der Waals surface area contributed by atoms with Crippen LogP contribution in [0.4, 0.5) is 0 Å². The first-order chi connectivity index (χ1) is 8.58. The molecule has 0 aliphatic rings. The minimum atomic E-state index is -0.362. The van der Waals surface area contributed by atoms with Crippen LogP contribution in [0.3, 0.4) is 0 Å². The number of nitrogens with two attached hydrogens (primary N) is 1. The van der Waals surface area contributed by atoms with Gasteiger partial charge in [-0.25, -0.2) is 0 Å². The van der Waals surface area contributed by atoms with E-state index < -0.39 is 0 Å². The van der Waals surface area contributed by atoms with Crippen molar-refractivity contribution in [3.8, 4) is 5.75 Å². The van der Waals surface area contributed by atoms with Gasteiger partial charge < -0.3 is 14.9 Å². The standard InChI is InChI=1S/C13H13BrClNO2/c1-8(16)13(12-3-2-6-17-12)18-11-5-4-9(14)7-10(11)15/h2-8,13H,16H2,1H3. The van der Waals surface area contributed by atoms with Crippen molar-refractivity contribution in [1.82, 2.24) is 0 Å². The summed E-state index contributed by atoms with van der Waals surface area (Å²) in [5.41, 5.74) is 5.92. The van der Waals surface area contributed by atoms with Gasteiger partial charge in [0.15, 0.2) is 6.10 Å². The highest BCUT2D eigenvalue weighted by atomic mass is 79.9. The first-order valence-corrected chi connectivity index (χ1v) is 6.65. The van der Waals surface area contributed by atoms with Crippen LogP contribution in [0.1, 0.15) is 18.8 Å². The highest BCUT2D eigenvalue weighted by Gasteiger charge is 2.22. The summed E-state index contributed by atoms with van der Waals surface area (Å²) in [6.45, 7) is 1.86. The summed E-state index contributed by atoms with van der Waals surface area (Å²) in [6.07, 6.45) is 1.23. The summed E-state index contributed by atoms with van der Waals surface area (Å²) in [6, 6.07) is 8.86. The molecule has 0 spiro atoms. The molecule has 0 radical (unpaired) electrons. The molecule has 5 heteroatoms. The van der Waals surface area contributed by atoms with Crippen LogP contribution in [0.15, 0.2) is 45.5 Å². The monoisotopic (exact) mass is 329 g/mol. The Balaban J connectivity index is 2.24. The zero-order chi connectivity index (χ0) is 13.1. The van der Waals surface area contributed by atoms with Crippen molar-refractivity contribution in [3.63, 3.8) is 0 Å². The van der Waals surface area contributed by atoms with E-state index in [4.69, 9.17) is 26.5 Å². The largest absolute Gasteiger partial charge is 0.479 e. The lowest BCUT2D eigenvalue weighted by Gasteiger charge is -2.21. The molecule has 0 aliphatic carbocycles. The minimum absolute atomic E-state index is 0.212. The van der Waals surface area contributed by atoms with E-state index in [-0.39, 0.29) is 12.1 Å². The molecule has 1 aromatic heterocycles. The second kappa shape index (κ2) is 5.78. The number of hydrogen-bond acceptors (Lipinski definition) is 3. The number of rotatable bonds is 4. The maximum absolute atomic E-state index is 6.11. The van der Waals surface area contributed by atoms with Gasteiger partial charge >= 0.3 is 0 Å². The van der Waals surface area contributed by atoms with Gasteiger partial charge in [-0.05, 0) is 37.3 Å². The topological polar surface area (TPSA) is 48.4 Å². The number of hydrogen-bond donors (Lipinski definition) is 1. The Morgan fingerprint density at radius 1 is 1.39 bits per heavy atom. The lowest BCUT2D eigenvalue weighted by Crippen LogP contribution is -2.28. The fourth-order valence-electron chi connectivity index (χ4n) is 1.59. The Labute approximate surface area is 119 Å². The number of ether oxygens (including phenoxy) is 1. The highest BCUT2D eigenvalue weighted by Crippen LogP contribution is 2.32. The van der Waals surface area contributed by atoms with Crippen molar-refractivity contribution in [2.45, 2.75) is 19.1 Å². The fraction of sp³-hybridized carbons (Fsp3) is 0.231. The van der Waals surface area contributed by atoms with Crippen molar-refractivity contribution in [3.05, 3.63) is 51.9 Å². The molecular weight excluding hydrogens is 318 g/mol. The van der Waals surface area contributed by atoms with Crippen LogP contribution in [0.25, 0.3) is 0 Å². The molecule has 1 aromatic carbocycles. The van der Waals surface area contributed by atoms with Crippen molar-refractivity contribution < 1.29 is 9.15 Å². The van der Waals surface area contributed by atoms with Gasteiger partial charge in [0.05, 0.1) is 11.3 Å². The predicted octanol–water partition coefficient (Wildman–Crippen LogP) is 4.16. The van der Waals surface area contributed by atoms with E-state index >= 15 is 0 Å². The molecular formula is C13H13BrClNO2. The average Bonchev–Trinajstić information content (AvgIpc) is 2.80. The third-order valence-electron chi connectivity index (χ3n) is 2.45. The number of halogens is 2. The molecule has 18 heavy (non-hydrogen) atoms. The van der Waals surface area contributed by atoms with E-state index in [1.165, 1.54) is 0 Å². The second-order valence-corrected chi connectivity index (χ2v) is 5.31. The molecule has 0 saturated carbocycles. The summed E-state index contributed by atoms with van der Waals surface area (Å²) < 4.78 is 12.1. The maximum Gasteiger partial charge on any atom is 0.171 e. The number of furan rings is 1. The smallest absolute Gasteiger partial charge is 0.171 e. The van der Waals surface area contributed by atoms with Crippen LogP contribution in [0.5, 0.6) is 5.75 Å². The Kier molecular flexibility index (Phi) is 4.32. The third-order valence-corrected chi connectivity index (χ3v) is 3.24. The van der Waals surface area contributed by atoms with Crippen LogP contribution in [-0.2, 0) is 0 Å². The van der Waals surface area contributed by atoms with Gasteiger partial charge in [-0.15, -0.1) is 0 Å². The van der Waals surface area contributed by atoms with Crippen molar-refractivity contribution in [2.24, 2.45) is 5.73 Å². The SMILES string of the molecule is CC(N)C(Oc1ccc(Br)cc1Cl)c1ccco1. The van der Waals surface area contributed by atoms with Gasteiger partial charge in [-0.2, -0.15) is 0 Å². The fourth-order valence-corrected chi connectivity index (χ4v) is 2.30. The van der Waals surface area contributed by atoms with Gasteiger partial charge in [0.2, 0.25) is 0 Å². The summed E-state index contributed by atoms with van der Waals surface area (Å²) in [4.78, 5) is 0. The van der Waals surface area contributed by atoms with E-state index in [0.29, 0.717) is 16.5 Å². The van der Waals surface area contributed by atoms with E-state index in [2.05, 4.69) is 15.9 Å². The lowest BCUT2D eigenvalue weighted by atomic mass is 10.1. The molecule has 96 valence electrons. The van der Waals surface area contributed by atoms with Crippen LogP contribution < -0.4 is 10.5 Å². The predicted molar refractivity (Wildman–Crippen MR) is 74.9 cm³/mol. The molecule has 0 aliphatic heterocycles. The van der Waals surface area contributed by atoms with Gasteiger partial charge in [0.25, 0.3) is 0 Å². The van der Waals surface area contributed by atoms with E-state index in [9.17, 15) is 0 Å². The average molecular weight is 331 g/mol. The van der Waals surface area contributed by atoms with Gasteiger partial charge in [0.1, 0.15) is 11.5 Å². The van der Waals surface area contributed by atoms with Gasteiger partial charge in [-0.1, -0.05) is 27.5 Å². The molecule has 3 nitrogen and oxygen atoms in total. The first kappa shape index (κ1) is 13.5. The first-order valence-electron chi connectivity index (χ1n) is 5.48. The van der Waals surface area contributed by atoms with E-state index in [0.717, 1.165) is 4.47 Å². The maximum atomic E-state index is 6.11. The Bertz CT molecular complexity index is 514. The second-order valence-electron chi connectivity index (χ2n) is 3.99. The third kappa shape index (κ3) is 3.07. The molecule has 0 amide bonds. The Morgan fingerprint density at radius 3 is 2.72 bits per heavy atom. The van der Waals surface area contributed by atoms with Crippen LogP contribution >= 0.6 is 27.5 Å². The molecule has 2 unspecified atom stereocenters. The zero-order valence-electron chi connectivity index (χ0n) is 9.77. The van der Waals surface area contributed by atoms with Crippen LogP contribution in [-0.4, -0.2) is 6.04 Å². The molecule has 2 rings (SSSR count). The molecule has 1 heterocycles. The van der Waals surface area contributed by atoms with Crippen molar-refractivity contribution >= 4 is 27.5 Å². The van der Waals surface area contributed by atoms with Crippen molar-refractivity contribution in [1.29, 1.82) is 0 Å². The van der Waals surface area contributed by atoms with Crippen LogP contribution in [0, 0.1) is 0 Å². The number of benzene rings is 1. The zero-order valence-corrected chi connectivity index (χ0v) is 12.1. The normalized spacial score (nSPS) is 14.2. The van der Waals surface area contributed by atoms with Crippen molar-refractivity contribution in [2.75, 3.05) is 0 Å². The minimum Gasteiger partial charge on any atom is -0.479 e. The van der Waals surface area contributed by atoms with E-state index in [1.54, 1.807) is 24.5 Å². The molecule has 2 N–H and O–H groups in total. The molecule has 2 aromatic rings. The van der Waals surface area contributed by atoms with Gasteiger partial charge in [0, 0.05) is 10.5 Å². The van der Waals surface area contributed by atoms with E-state index in [1.807, 2.05) is 19.1 Å². The van der Waals surface area contributed by atoms with Crippen LogP contribution in [0.2, 0.25) is 5.02 Å². The summed E-state index contributed by atoms with van der Waals surface area (Å²) in [5, 5.41) is 0.529. The Hall–Kier alpha value is -0.970. The molecule has 0 saturated heterocycles. The Morgan fingerprint density at radius 2 is 2.17 bits per heavy atom.